The van der Waals surface area contributed by atoms with E-state index in [0.717, 1.165) is 6.42 Å². The number of carbonyl (C=O) groups excluding carboxylic acids is 1. The summed E-state index contributed by atoms with van der Waals surface area (Å²) in [6, 6.07) is 3.58. The fourth-order valence-corrected chi connectivity index (χ4v) is 1.49. The summed E-state index contributed by atoms with van der Waals surface area (Å²) in [4.78, 5) is 15.6. The minimum Gasteiger partial charge on any atom is -0.381 e. The van der Waals surface area contributed by atoms with Crippen molar-refractivity contribution in [2.24, 2.45) is 5.92 Å². The number of nitrogens with zero attached hydrogens (tertiary/aromatic N) is 1. The lowest BCUT2D eigenvalue weighted by Crippen LogP contribution is -2.14. The van der Waals surface area contributed by atoms with E-state index < -0.39 is 0 Å². The van der Waals surface area contributed by atoms with E-state index >= 15 is 0 Å². The number of Topliss-reactive ketones (excluding diaryl/α,β-unsaturated/α-hetero) is 1. The van der Waals surface area contributed by atoms with Gasteiger partial charge in [0.25, 0.3) is 0 Å². The van der Waals surface area contributed by atoms with Crippen molar-refractivity contribution < 1.29 is 9.53 Å². The van der Waals surface area contributed by atoms with Crippen molar-refractivity contribution >= 4 is 5.78 Å². The highest BCUT2D eigenvalue weighted by atomic mass is 16.5. The van der Waals surface area contributed by atoms with E-state index in [1.54, 1.807) is 24.5 Å². The predicted molar refractivity (Wildman–Crippen MR) is 47.5 cm³/mol. The number of ether oxygens (including phenoxy) is 1. The SMILES string of the molecule is O=C(c1cccnc1)C1CCOC1. The van der Waals surface area contributed by atoms with Crippen molar-refractivity contribution in [2.75, 3.05) is 13.2 Å². The lowest BCUT2D eigenvalue weighted by molar-refractivity contribution is 0.0900. The number of ketones is 1. The van der Waals surface area contributed by atoms with Gasteiger partial charge in [0.05, 0.1) is 6.61 Å². The van der Waals surface area contributed by atoms with E-state index in [4.69, 9.17) is 4.74 Å². The number of rotatable bonds is 2. The van der Waals surface area contributed by atoms with Crippen molar-refractivity contribution in [3.05, 3.63) is 30.1 Å². The van der Waals surface area contributed by atoms with Gasteiger partial charge >= 0.3 is 0 Å². The molecule has 1 aliphatic rings. The Hall–Kier alpha value is -1.22. The van der Waals surface area contributed by atoms with Gasteiger partial charge < -0.3 is 4.74 Å². The average molecular weight is 177 g/mol. The molecule has 1 aromatic rings. The highest BCUT2D eigenvalue weighted by Crippen LogP contribution is 2.17. The van der Waals surface area contributed by atoms with Gasteiger partial charge in [0.15, 0.2) is 5.78 Å². The van der Waals surface area contributed by atoms with Crippen molar-refractivity contribution in [1.82, 2.24) is 4.98 Å². The molecule has 1 atom stereocenters. The molecule has 3 heteroatoms. The fourth-order valence-electron chi connectivity index (χ4n) is 1.49. The largest absolute Gasteiger partial charge is 0.381 e. The molecule has 1 saturated heterocycles. The molecule has 1 aromatic heterocycles. The monoisotopic (exact) mass is 177 g/mol. The van der Waals surface area contributed by atoms with Gasteiger partial charge in [0, 0.05) is 30.5 Å². The zero-order valence-corrected chi connectivity index (χ0v) is 7.27. The van der Waals surface area contributed by atoms with E-state index in [9.17, 15) is 4.79 Å². The van der Waals surface area contributed by atoms with E-state index in [2.05, 4.69) is 4.98 Å². The Morgan fingerprint density at radius 2 is 2.54 bits per heavy atom. The van der Waals surface area contributed by atoms with Crippen LogP contribution < -0.4 is 0 Å². The predicted octanol–water partition coefficient (Wildman–Crippen LogP) is 1.30. The summed E-state index contributed by atoms with van der Waals surface area (Å²) >= 11 is 0. The van der Waals surface area contributed by atoms with Crippen LogP contribution in [0.1, 0.15) is 16.8 Å². The third-order valence-corrected chi connectivity index (χ3v) is 2.25. The Balaban J connectivity index is 2.13. The highest BCUT2D eigenvalue weighted by molar-refractivity contribution is 5.97. The standard InChI is InChI=1S/C10H11NO2/c12-10(9-3-5-13-7-9)8-2-1-4-11-6-8/h1-2,4,6,9H,3,5,7H2. The van der Waals surface area contributed by atoms with Crippen LogP contribution in [0.3, 0.4) is 0 Å². The maximum atomic E-state index is 11.7. The normalized spacial score (nSPS) is 21.7. The van der Waals surface area contributed by atoms with Crippen LogP contribution in [0, 0.1) is 5.92 Å². The molecule has 1 unspecified atom stereocenters. The number of hydrogen-bond donors (Lipinski definition) is 0. The van der Waals surface area contributed by atoms with Crippen molar-refractivity contribution in [3.63, 3.8) is 0 Å². The van der Waals surface area contributed by atoms with Crippen LogP contribution in [-0.2, 0) is 4.74 Å². The molecule has 0 bridgehead atoms. The summed E-state index contributed by atoms with van der Waals surface area (Å²) in [5.74, 6) is 0.204. The van der Waals surface area contributed by atoms with Crippen molar-refractivity contribution in [2.45, 2.75) is 6.42 Å². The topological polar surface area (TPSA) is 39.2 Å². The molecule has 0 saturated carbocycles. The average Bonchev–Trinajstić information content (AvgIpc) is 2.71. The second-order valence-corrected chi connectivity index (χ2v) is 3.17. The number of carbonyl (C=O) groups is 1. The lowest BCUT2D eigenvalue weighted by Gasteiger charge is -2.04. The number of pyridine rings is 1. The summed E-state index contributed by atoms with van der Waals surface area (Å²) in [7, 11) is 0. The van der Waals surface area contributed by atoms with E-state index in [1.807, 2.05) is 0 Å². The molecule has 2 heterocycles. The molecule has 3 nitrogen and oxygen atoms in total. The highest BCUT2D eigenvalue weighted by Gasteiger charge is 2.24. The van der Waals surface area contributed by atoms with Gasteiger partial charge in [-0.05, 0) is 18.6 Å². The third-order valence-electron chi connectivity index (χ3n) is 2.25. The zero-order chi connectivity index (χ0) is 9.10. The van der Waals surface area contributed by atoms with Gasteiger partial charge in [-0.3, -0.25) is 9.78 Å². The van der Waals surface area contributed by atoms with Crippen molar-refractivity contribution in [3.8, 4) is 0 Å². The first-order chi connectivity index (χ1) is 6.38. The number of hydrogen-bond acceptors (Lipinski definition) is 3. The van der Waals surface area contributed by atoms with Gasteiger partial charge in [-0.2, -0.15) is 0 Å². The van der Waals surface area contributed by atoms with Crippen LogP contribution in [-0.4, -0.2) is 24.0 Å². The molecule has 0 aromatic carbocycles. The van der Waals surface area contributed by atoms with Crippen LogP contribution in [0.15, 0.2) is 24.5 Å². The van der Waals surface area contributed by atoms with E-state index in [0.29, 0.717) is 18.8 Å². The molecule has 13 heavy (non-hydrogen) atoms. The molecule has 0 radical (unpaired) electrons. The Morgan fingerprint density at radius 1 is 1.62 bits per heavy atom. The second kappa shape index (κ2) is 3.66. The first-order valence-electron chi connectivity index (χ1n) is 4.40. The summed E-state index contributed by atoms with van der Waals surface area (Å²) in [5, 5.41) is 0. The fraction of sp³-hybridized carbons (Fsp3) is 0.400. The summed E-state index contributed by atoms with van der Waals surface area (Å²) < 4.78 is 5.16. The minimum absolute atomic E-state index is 0.0456. The Bertz CT molecular complexity index is 291. The first kappa shape index (κ1) is 8.38. The van der Waals surface area contributed by atoms with Crippen LogP contribution in [0.4, 0.5) is 0 Å². The lowest BCUT2D eigenvalue weighted by atomic mass is 9.98. The van der Waals surface area contributed by atoms with Gasteiger partial charge in [-0.1, -0.05) is 0 Å². The summed E-state index contributed by atoms with van der Waals surface area (Å²) in [6.07, 6.45) is 4.12. The van der Waals surface area contributed by atoms with Crippen LogP contribution in [0.2, 0.25) is 0 Å². The summed E-state index contributed by atoms with van der Waals surface area (Å²) in [5.41, 5.74) is 0.693. The molecule has 0 aliphatic carbocycles. The van der Waals surface area contributed by atoms with Gasteiger partial charge in [0.1, 0.15) is 0 Å². The Labute approximate surface area is 76.7 Å². The van der Waals surface area contributed by atoms with E-state index in [-0.39, 0.29) is 11.7 Å². The minimum atomic E-state index is 0.0456. The Kier molecular flexibility index (Phi) is 2.36. The van der Waals surface area contributed by atoms with Crippen LogP contribution in [0.5, 0.6) is 0 Å². The van der Waals surface area contributed by atoms with Gasteiger partial charge in [0.2, 0.25) is 0 Å². The van der Waals surface area contributed by atoms with Crippen LogP contribution in [0.25, 0.3) is 0 Å². The molecular formula is C10H11NO2. The first-order valence-corrected chi connectivity index (χ1v) is 4.40. The summed E-state index contributed by atoms with van der Waals surface area (Å²) in [6.45, 7) is 1.27. The molecule has 0 N–H and O–H groups in total. The molecule has 0 spiro atoms. The molecule has 1 aliphatic heterocycles. The van der Waals surface area contributed by atoms with Gasteiger partial charge in [-0.15, -0.1) is 0 Å². The third kappa shape index (κ3) is 1.75. The Morgan fingerprint density at radius 3 is 3.15 bits per heavy atom. The quantitative estimate of drug-likeness (QED) is 0.639. The zero-order valence-electron chi connectivity index (χ0n) is 7.27. The van der Waals surface area contributed by atoms with E-state index in [1.165, 1.54) is 0 Å². The number of aromatic nitrogens is 1. The maximum absolute atomic E-state index is 11.7. The maximum Gasteiger partial charge on any atom is 0.169 e. The molecule has 68 valence electrons. The van der Waals surface area contributed by atoms with Crippen molar-refractivity contribution in [1.29, 1.82) is 0 Å². The molecular weight excluding hydrogens is 166 g/mol. The molecule has 1 fully saturated rings. The molecule has 2 rings (SSSR count). The van der Waals surface area contributed by atoms with Gasteiger partial charge in [-0.25, -0.2) is 0 Å². The second-order valence-electron chi connectivity index (χ2n) is 3.17. The molecule has 0 amide bonds. The smallest absolute Gasteiger partial charge is 0.169 e. The van der Waals surface area contributed by atoms with Crippen LogP contribution >= 0.6 is 0 Å².